The van der Waals surface area contributed by atoms with Crippen molar-refractivity contribution in [2.24, 2.45) is 0 Å². The van der Waals surface area contributed by atoms with Gasteiger partial charge in [-0.25, -0.2) is 0 Å². The molecule has 0 aliphatic carbocycles. The Morgan fingerprint density at radius 2 is 0.429 bits per heavy atom. The lowest BCUT2D eigenvalue weighted by Crippen LogP contribution is -2.09. The van der Waals surface area contributed by atoms with Crippen LogP contribution in [0.25, 0.3) is 103 Å². The van der Waals surface area contributed by atoms with E-state index in [0.717, 1.165) is 61.3 Å². The molecule has 0 unspecified atom stereocenters. The Bertz CT molecular complexity index is 6360. The predicted molar refractivity (Wildman–Crippen MR) is 463 cm³/mol. The zero-order chi connectivity index (χ0) is 70.0. The predicted octanol–water partition coefficient (Wildman–Crippen LogP) is 30.8. The van der Waals surface area contributed by atoms with Crippen LogP contribution >= 0.6 is 61.3 Å². The summed E-state index contributed by atoms with van der Waals surface area (Å²) >= 11 is 11.0. The van der Waals surface area contributed by atoms with Crippen LogP contribution in [-0.2, 0) is 0 Å². The maximum absolute atomic E-state index is 3.59. The molecule has 0 aliphatic rings. The molecule has 0 atom stereocenters. The van der Waals surface area contributed by atoms with E-state index in [9.17, 15) is 0 Å². The molecule has 500 valence electrons. The van der Waals surface area contributed by atoms with E-state index < -0.39 is 0 Å². The van der Waals surface area contributed by atoms with Gasteiger partial charge in [0.05, 0.1) is 0 Å². The second-order valence-electron chi connectivity index (χ2n) is 25.8. The molecular formula is C96H65BrN4S4. The molecule has 1 N–H and O–H groups in total. The van der Waals surface area contributed by atoms with Crippen molar-refractivity contribution in [3.8, 4) is 22.3 Å². The molecule has 0 spiro atoms. The van der Waals surface area contributed by atoms with E-state index in [4.69, 9.17) is 0 Å². The van der Waals surface area contributed by atoms with Crippen LogP contribution in [0.5, 0.6) is 0 Å². The average molecular weight is 1480 g/mol. The number of nitrogens with zero attached hydrogens (tertiary/aromatic N) is 3. The highest BCUT2D eigenvalue weighted by atomic mass is 79.9. The first-order valence-electron chi connectivity index (χ1n) is 35.0. The van der Waals surface area contributed by atoms with Crippen LogP contribution in [0.4, 0.5) is 62.6 Å². The Labute approximate surface area is 634 Å². The summed E-state index contributed by atoms with van der Waals surface area (Å²) in [5, 5.41) is 14.0. The van der Waals surface area contributed by atoms with Gasteiger partial charge in [-0.15, -0.1) is 45.3 Å². The second-order valence-corrected chi connectivity index (χ2v) is 31.1. The van der Waals surface area contributed by atoms with Gasteiger partial charge >= 0.3 is 0 Å². The Morgan fingerprint density at radius 3 is 0.819 bits per heavy atom. The summed E-state index contributed by atoms with van der Waals surface area (Å²) in [4.78, 5) is 7.04. The number of rotatable bonds is 13. The molecule has 0 amide bonds. The largest absolute Gasteiger partial charge is 0.355 e. The standard InChI is InChI=1S/C48H32N2S2.C24H16BrNS.C24H17NS/c1-4-12-33(13-5-1)34-20-22-37(23-21-34)50(39-25-27-42-41-18-10-11-19-45(41)51-46(42)31-39)40-26-29-44-43-28-24-38(30-47(43)52-48(44)32-40)49(35-14-6-2-7-15-35)36-16-8-3-9-17-36;25-17-11-13-21-22-14-12-20(16-24(22)27-23(21)15-17)26(18-7-3-1-4-8-18)19-9-5-2-6-10-19;1-2-6-17(7-3-1)18-10-12-19(13-11-18)25-20-14-15-22-21-8-4-5-9-23(21)26-24(22)16-20/h1-32H;1-16H;1-16,25H. The average Bonchev–Trinajstić information content (AvgIpc) is 1.82. The molecule has 0 saturated heterocycles. The van der Waals surface area contributed by atoms with Gasteiger partial charge in [0.25, 0.3) is 0 Å². The Morgan fingerprint density at radius 1 is 0.181 bits per heavy atom. The summed E-state index contributed by atoms with van der Waals surface area (Å²) in [6.45, 7) is 0. The molecule has 0 fully saturated rings. The van der Waals surface area contributed by atoms with Crippen LogP contribution in [0.2, 0.25) is 0 Å². The van der Waals surface area contributed by atoms with Gasteiger partial charge in [0.1, 0.15) is 0 Å². The van der Waals surface area contributed by atoms with Gasteiger partial charge in [-0.3, -0.25) is 0 Å². The van der Waals surface area contributed by atoms with Crippen molar-refractivity contribution in [2.75, 3.05) is 20.0 Å². The molecule has 4 heterocycles. The number of fused-ring (bicyclic) bond motifs is 12. The van der Waals surface area contributed by atoms with Crippen LogP contribution in [0, 0.1) is 0 Å². The summed E-state index contributed by atoms with van der Waals surface area (Å²) in [7, 11) is 0. The minimum Gasteiger partial charge on any atom is -0.355 e. The third kappa shape index (κ3) is 13.4. The summed E-state index contributed by atoms with van der Waals surface area (Å²) < 4.78 is 11.5. The van der Waals surface area contributed by atoms with E-state index in [1.165, 1.54) is 109 Å². The van der Waals surface area contributed by atoms with E-state index in [1.54, 1.807) is 0 Å². The van der Waals surface area contributed by atoms with Crippen LogP contribution < -0.4 is 20.0 Å². The van der Waals surface area contributed by atoms with Crippen LogP contribution in [0.3, 0.4) is 0 Å². The lowest BCUT2D eigenvalue weighted by atomic mass is 10.0. The molecule has 0 aliphatic heterocycles. The lowest BCUT2D eigenvalue weighted by molar-refractivity contribution is 1.29. The van der Waals surface area contributed by atoms with Gasteiger partial charge < -0.3 is 20.0 Å². The number of thiophene rings is 4. The molecule has 4 nitrogen and oxygen atoms in total. The van der Waals surface area contributed by atoms with Crippen molar-refractivity contribution in [3.05, 3.63) is 393 Å². The SMILES string of the molecule is Brc1ccc2c(c1)sc1cc(N(c3ccccc3)c3ccccc3)ccc12.c1ccc(-c2ccc(N(c3ccc4c(c3)sc3ccccc34)c3ccc4c(c3)sc3cc(N(c5ccccc5)c5ccccc5)ccc34)cc2)cc1.c1ccc(-c2ccc(Nc3ccc4c(c3)sc3ccccc34)cc2)cc1. The highest BCUT2D eigenvalue weighted by molar-refractivity contribution is 9.10. The monoisotopic (exact) mass is 1480 g/mol. The van der Waals surface area contributed by atoms with Crippen molar-refractivity contribution in [3.63, 3.8) is 0 Å². The molecule has 20 rings (SSSR count). The smallest absolute Gasteiger partial charge is 0.0476 e. The number of halogens is 1. The van der Waals surface area contributed by atoms with Crippen molar-refractivity contribution in [1.82, 2.24) is 0 Å². The highest BCUT2D eigenvalue weighted by Gasteiger charge is 2.20. The minimum absolute atomic E-state index is 1.10. The number of hydrogen-bond donors (Lipinski definition) is 1. The summed E-state index contributed by atoms with van der Waals surface area (Å²) in [6, 6.07) is 139. The number of para-hydroxylation sites is 4. The molecular weight excluding hydrogens is 1420 g/mol. The molecule has 0 saturated carbocycles. The second kappa shape index (κ2) is 29.1. The first kappa shape index (κ1) is 65.1. The highest BCUT2D eigenvalue weighted by Crippen LogP contribution is 2.47. The lowest BCUT2D eigenvalue weighted by Gasteiger charge is -2.26. The topological polar surface area (TPSA) is 21.8 Å². The quantitative estimate of drug-likeness (QED) is 0.124. The van der Waals surface area contributed by atoms with Crippen LogP contribution in [0.15, 0.2) is 393 Å². The summed E-state index contributed by atoms with van der Waals surface area (Å²) in [5.41, 5.74) is 17.5. The molecule has 20 aromatic rings. The maximum Gasteiger partial charge on any atom is 0.0476 e. The molecule has 0 bridgehead atoms. The zero-order valence-electron chi connectivity index (χ0n) is 56.8. The van der Waals surface area contributed by atoms with E-state index in [1.807, 2.05) is 51.4 Å². The van der Waals surface area contributed by atoms with Crippen molar-refractivity contribution in [2.45, 2.75) is 0 Å². The van der Waals surface area contributed by atoms with Gasteiger partial charge in [0, 0.05) is 148 Å². The maximum atomic E-state index is 3.59. The van der Waals surface area contributed by atoms with E-state index in [0.29, 0.717) is 0 Å². The van der Waals surface area contributed by atoms with Crippen molar-refractivity contribution >= 4 is 205 Å². The number of benzene rings is 16. The number of nitrogens with one attached hydrogen (secondary N) is 1. The Balaban J connectivity index is 0.000000124. The van der Waals surface area contributed by atoms with Crippen molar-refractivity contribution in [1.29, 1.82) is 0 Å². The number of hydrogen-bond acceptors (Lipinski definition) is 8. The molecule has 0 radical (unpaired) electrons. The van der Waals surface area contributed by atoms with E-state index in [-0.39, 0.29) is 0 Å². The molecule has 105 heavy (non-hydrogen) atoms. The van der Waals surface area contributed by atoms with Crippen LogP contribution in [-0.4, -0.2) is 0 Å². The van der Waals surface area contributed by atoms with Gasteiger partial charge in [-0.1, -0.05) is 246 Å². The normalized spacial score (nSPS) is 11.3. The Hall–Kier alpha value is -11.9. The fourth-order valence-electron chi connectivity index (χ4n) is 14.2. The molecule has 4 aromatic heterocycles. The van der Waals surface area contributed by atoms with Gasteiger partial charge in [-0.05, 0) is 180 Å². The molecule has 16 aromatic carbocycles. The fraction of sp³-hybridized carbons (Fsp3) is 0. The summed E-state index contributed by atoms with van der Waals surface area (Å²) in [6.07, 6.45) is 0. The first-order chi connectivity index (χ1) is 51.9. The fourth-order valence-corrected chi connectivity index (χ4v) is 19.3. The third-order valence-corrected chi connectivity index (χ3v) is 24.2. The molecule has 9 heteroatoms. The summed E-state index contributed by atoms with van der Waals surface area (Å²) in [5.74, 6) is 0. The number of anilines is 11. The van der Waals surface area contributed by atoms with E-state index >= 15 is 0 Å². The first-order valence-corrected chi connectivity index (χ1v) is 39.1. The van der Waals surface area contributed by atoms with E-state index in [2.05, 4.69) is 418 Å². The van der Waals surface area contributed by atoms with Gasteiger partial charge in [0.2, 0.25) is 0 Å². The van der Waals surface area contributed by atoms with Gasteiger partial charge in [-0.2, -0.15) is 0 Å². The van der Waals surface area contributed by atoms with Crippen LogP contribution in [0.1, 0.15) is 0 Å². The third-order valence-electron chi connectivity index (χ3n) is 19.2. The minimum atomic E-state index is 1.10. The van der Waals surface area contributed by atoms with Crippen molar-refractivity contribution < 1.29 is 0 Å². The van der Waals surface area contributed by atoms with Gasteiger partial charge in [0.15, 0.2) is 0 Å². The Kier molecular flexibility index (Phi) is 18.0. The zero-order valence-corrected chi connectivity index (χ0v) is 61.7.